The fourth-order valence-electron chi connectivity index (χ4n) is 3.16. The molecule has 0 spiro atoms. The number of methoxy groups -OCH3 is 1. The van der Waals surface area contributed by atoms with Crippen LogP contribution < -0.4 is 10.1 Å². The van der Waals surface area contributed by atoms with Crippen molar-refractivity contribution in [3.05, 3.63) is 59.7 Å². The number of rotatable bonds is 9. The lowest BCUT2D eigenvalue weighted by Gasteiger charge is -2.42. The molecule has 0 bridgehead atoms. The van der Waals surface area contributed by atoms with E-state index in [-0.39, 0.29) is 17.2 Å². The standard InChI is InChI=1S/C25H39NO2Si/c1-9-10-23(28-29(7,8)25(3,4)5)24(20-13-17-22(27-6)18-14-20)26-21-15-11-19(2)12-16-21/h11-18,23-24,26H,9-10H2,1-8H3. The first kappa shape index (κ1) is 23.5. The minimum atomic E-state index is -1.91. The van der Waals surface area contributed by atoms with E-state index in [2.05, 4.69) is 89.4 Å². The highest BCUT2D eigenvalue weighted by molar-refractivity contribution is 6.74. The molecule has 0 saturated carbocycles. The van der Waals surface area contributed by atoms with Gasteiger partial charge in [-0.3, -0.25) is 0 Å². The number of ether oxygens (including phenoxy) is 1. The van der Waals surface area contributed by atoms with Crippen LogP contribution in [-0.2, 0) is 4.43 Å². The van der Waals surface area contributed by atoms with E-state index in [1.165, 1.54) is 11.1 Å². The summed E-state index contributed by atoms with van der Waals surface area (Å²) in [6, 6.07) is 17.1. The second-order valence-corrected chi connectivity index (χ2v) is 14.2. The maximum absolute atomic E-state index is 6.96. The van der Waals surface area contributed by atoms with E-state index in [0.29, 0.717) is 0 Å². The normalized spacial score (nSPS) is 14.3. The molecule has 2 atom stereocenters. The molecule has 0 fully saturated rings. The molecule has 0 heterocycles. The first-order chi connectivity index (χ1) is 13.6. The Morgan fingerprint density at radius 2 is 1.55 bits per heavy atom. The second kappa shape index (κ2) is 9.81. The molecule has 29 heavy (non-hydrogen) atoms. The third-order valence-electron chi connectivity index (χ3n) is 6.05. The van der Waals surface area contributed by atoms with E-state index in [4.69, 9.17) is 9.16 Å². The maximum atomic E-state index is 6.96. The molecule has 3 nitrogen and oxygen atoms in total. The minimum Gasteiger partial charge on any atom is -0.497 e. The Balaban J connectivity index is 2.41. The first-order valence-electron chi connectivity index (χ1n) is 10.7. The average Bonchev–Trinajstić information content (AvgIpc) is 2.66. The van der Waals surface area contributed by atoms with Crippen LogP contribution in [0.3, 0.4) is 0 Å². The highest BCUT2D eigenvalue weighted by Gasteiger charge is 2.40. The van der Waals surface area contributed by atoms with Crippen LogP contribution in [0.15, 0.2) is 48.5 Å². The van der Waals surface area contributed by atoms with Crippen molar-refractivity contribution in [2.45, 2.75) is 77.7 Å². The van der Waals surface area contributed by atoms with E-state index in [1.807, 2.05) is 12.1 Å². The molecule has 4 heteroatoms. The fourth-order valence-corrected chi connectivity index (χ4v) is 4.53. The van der Waals surface area contributed by atoms with Gasteiger partial charge in [0.1, 0.15) is 5.75 Å². The van der Waals surface area contributed by atoms with Gasteiger partial charge >= 0.3 is 0 Å². The predicted molar refractivity (Wildman–Crippen MR) is 128 cm³/mol. The highest BCUT2D eigenvalue weighted by atomic mass is 28.4. The van der Waals surface area contributed by atoms with Gasteiger partial charge in [-0.15, -0.1) is 0 Å². The molecule has 0 aliphatic rings. The molecular formula is C25H39NO2Si. The zero-order valence-corrected chi connectivity index (χ0v) is 20.5. The molecule has 0 aromatic heterocycles. The summed E-state index contributed by atoms with van der Waals surface area (Å²) in [6.45, 7) is 15.9. The summed E-state index contributed by atoms with van der Waals surface area (Å²) in [7, 11) is -0.204. The van der Waals surface area contributed by atoms with E-state index >= 15 is 0 Å². The van der Waals surface area contributed by atoms with Crippen LogP contribution in [0.25, 0.3) is 0 Å². The maximum Gasteiger partial charge on any atom is 0.192 e. The third-order valence-corrected chi connectivity index (χ3v) is 10.6. The van der Waals surface area contributed by atoms with Crippen LogP contribution >= 0.6 is 0 Å². The highest BCUT2D eigenvalue weighted by Crippen LogP contribution is 2.40. The summed E-state index contributed by atoms with van der Waals surface area (Å²) < 4.78 is 12.3. The molecule has 0 radical (unpaired) electrons. The number of hydrogen-bond acceptors (Lipinski definition) is 3. The number of nitrogens with one attached hydrogen (secondary N) is 1. The van der Waals surface area contributed by atoms with Crippen molar-refractivity contribution in [2.75, 3.05) is 12.4 Å². The Kier molecular flexibility index (Phi) is 7.95. The quantitative estimate of drug-likeness (QED) is 0.436. The van der Waals surface area contributed by atoms with Gasteiger partial charge in [-0.1, -0.05) is 63.9 Å². The molecule has 0 aliphatic carbocycles. The van der Waals surface area contributed by atoms with Gasteiger partial charge in [0.2, 0.25) is 0 Å². The Morgan fingerprint density at radius 3 is 2.03 bits per heavy atom. The minimum absolute atomic E-state index is 0.0812. The Labute approximate surface area is 179 Å². The van der Waals surface area contributed by atoms with Gasteiger partial charge in [0.25, 0.3) is 0 Å². The second-order valence-electron chi connectivity index (χ2n) is 9.47. The predicted octanol–water partition coefficient (Wildman–Crippen LogP) is 7.35. The molecule has 2 aromatic carbocycles. The van der Waals surface area contributed by atoms with Crippen LogP contribution in [0.2, 0.25) is 18.1 Å². The summed E-state index contributed by atoms with van der Waals surface area (Å²) in [5.41, 5.74) is 3.61. The Hall–Kier alpha value is -1.78. The largest absolute Gasteiger partial charge is 0.497 e. The molecule has 2 aromatic rings. The summed E-state index contributed by atoms with van der Waals surface area (Å²) in [5, 5.41) is 3.95. The van der Waals surface area contributed by atoms with Crippen molar-refractivity contribution in [1.82, 2.24) is 0 Å². The molecule has 160 valence electrons. The summed E-state index contributed by atoms with van der Waals surface area (Å²) in [6.07, 6.45) is 2.21. The van der Waals surface area contributed by atoms with Gasteiger partial charge in [-0.2, -0.15) is 0 Å². The van der Waals surface area contributed by atoms with Crippen LogP contribution in [0.5, 0.6) is 5.75 Å². The number of benzene rings is 2. The van der Waals surface area contributed by atoms with Crippen molar-refractivity contribution >= 4 is 14.0 Å². The number of aryl methyl sites for hydroxylation is 1. The summed E-state index contributed by atoms with van der Waals surface area (Å²) in [5.74, 6) is 0.875. The molecule has 2 unspecified atom stereocenters. The Morgan fingerprint density at radius 1 is 0.966 bits per heavy atom. The van der Waals surface area contributed by atoms with Gasteiger partial charge in [0.15, 0.2) is 8.32 Å². The molecule has 2 rings (SSSR count). The van der Waals surface area contributed by atoms with Crippen LogP contribution in [-0.4, -0.2) is 21.5 Å². The molecule has 0 aliphatic heterocycles. The van der Waals surface area contributed by atoms with Crippen LogP contribution in [0.1, 0.15) is 57.7 Å². The third kappa shape index (κ3) is 6.35. The zero-order valence-electron chi connectivity index (χ0n) is 19.5. The van der Waals surface area contributed by atoms with Gasteiger partial charge in [0.05, 0.1) is 19.3 Å². The van der Waals surface area contributed by atoms with E-state index < -0.39 is 8.32 Å². The number of hydrogen-bond donors (Lipinski definition) is 1. The Bertz CT molecular complexity index is 748. The lowest BCUT2D eigenvalue weighted by Crippen LogP contribution is -2.46. The van der Waals surface area contributed by atoms with Crippen LogP contribution in [0, 0.1) is 6.92 Å². The van der Waals surface area contributed by atoms with E-state index in [0.717, 1.165) is 24.3 Å². The summed E-state index contributed by atoms with van der Waals surface area (Å²) in [4.78, 5) is 0. The van der Waals surface area contributed by atoms with Crippen molar-refractivity contribution in [1.29, 1.82) is 0 Å². The SMILES string of the molecule is CCCC(O[Si](C)(C)C(C)(C)C)C(Nc1ccc(C)cc1)c1ccc(OC)cc1. The number of anilines is 1. The summed E-state index contributed by atoms with van der Waals surface area (Å²) >= 11 is 0. The van der Waals surface area contributed by atoms with Crippen molar-refractivity contribution in [2.24, 2.45) is 0 Å². The van der Waals surface area contributed by atoms with Gasteiger partial charge in [0, 0.05) is 5.69 Å². The molecular weight excluding hydrogens is 374 g/mol. The van der Waals surface area contributed by atoms with Gasteiger partial charge in [-0.25, -0.2) is 0 Å². The fraction of sp³-hybridized carbons (Fsp3) is 0.520. The van der Waals surface area contributed by atoms with Crippen molar-refractivity contribution in [3.8, 4) is 5.75 Å². The smallest absolute Gasteiger partial charge is 0.192 e. The van der Waals surface area contributed by atoms with Gasteiger partial charge in [-0.05, 0) is 61.3 Å². The van der Waals surface area contributed by atoms with Gasteiger partial charge < -0.3 is 14.5 Å². The molecule has 0 amide bonds. The average molecular weight is 414 g/mol. The van der Waals surface area contributed by atoms with E-state index in [9.17, 15) is 0 Å². The molecule has 1 N–H and O–H groups in total. The topological polar surface area (TPSA) is 30.5 Å². The zero-order chi connectivity index (χ0) is 21.7. The lowest BCUT2D eigenvalue weighted by atomic mass is 9.97. The first-order valence-corrected chi connectivity index (χ1v) is 13.6. The molecule has 0 saturated heterocycles. The van der Waals surface area contributed by atoms with Crippen molar-refractivity contribution < 1.29 is 9.16 Å². The van der Waals surface area contributed by atoms with E-state index in [1.54, 1.807) is 7.11 Å². The van der Waals surface area contributed by atoms with Crippen LogP contribution in [0.4, 0.5) is 5.69 Å². The monoisotopic (exact) mass is 413 g/mol. The van der Waals surface area contributed by atoms with Crippen molar-refractivity contribution in [3.63, 3.8) is 0 Å². The lowest BCUT2D eigenvalue weighted by molar-refractivity contribution is 0.149.